The number of aromatic nitrogens is 1. The van der Waals surface area contributed by atoms with Crippen molar-refractivity contribution in [2.45, 2.75) is 19.4 Å². The lowest BCUT2D eigenvalue weighted by molar-refractivity contribution is -0.121. The van der Waals surface area contributed by atoms with Gasteiger partial charge < -0.3 is 16.0 Å². The standard InChI is InChI=1S/C21H19F2N3O3/c1-21(2,26-17(27)10-24)11-8-15(22)18(16(23)9-11)19(28)13-4-3-5-14-12(13)6-7-25-20(14)29/h3-9H,10,24H2,1-2H3,(H,25,29)(H,26,27). The zero-order valence-corrected chi connectivity index (χ0v) is 15.8. The van der Waals surface area contributed by atoms with E-state index in [1.165, 1.54) is 30.5 Å². The molecule has 1 aromatic heterocycles. The van der Waals surface area contributed by atoms with Crippen molar-refractivity contribution in [1.29, 1.82) is 0 Å². The minimum atomic E-state index is -1.10. The predicted molar refractivity (Wildman–Crippen MR) is 105 cm³/mol. The molecule has 0 aliphatic heterocycles. The fourth-order valence-electron chi connectivity index (χ4n) is 3.18. The molecule has 4 N–H and O–H groups in total. The lowest BCUT2D eigenvalue weighted by Crippen LogP contribution is -2.44. The number of fused-ring (bicyclic) bond motifs is 1. The smallest absolute Gasteiger partial charge is 0.255 e. The topological polar surface area (TPSA) is 105 Å². The third-order valence-corrected chi connectivity index (χ3v) is 4.69. The van der Waals surface area contributed by atoms with Crippen LogP contribution in [0.25, 0.3) is 10.8 Å². The van der Waals surface area contributed by atoms with Crippen LogP contribution in [0.2, 0.25) is 0 Å². The number of aromatic amines is 1. The Balaban J connectivity index is 2.09. The Morgan fingerprint density at radius 1 is 1.10 bits per heavy atom. The predicted octanol–water partition coefficient (Wildman–Crippen LogP) is 2.35. The maximum Gasteiger partial charge on any atom is 0.255 e. The van der Waals surface area contributed by atoms with Crippen molar-refractivity contribution in [1.82, 2.24) is 10.3 Å². The number of rotatable bonds is 5. The Labute approximate surface area is 164 Å². The summed E-state index contributed by atoms with van der Waals surface area (Å²) in [7, 11) is 0. The van der Waals surface area contributed by atoms with E-state index in [1.54, 1.807) is 13.8 Å². The van der Waals surface area contributed by atoms with E-state index >= 15 is 0 Å². The zero-order chi connectivity index (χ0) is 21.3. The van der Waals surface area contributed by atoms with Gasteiger partial charge in [-0.05, 0) is 49.1 Å². The number of nitrogens with two attached hydrogens (primary N) is 1. The molecule has 0 saturated heterocycles. The van der Waals surface area contributed by atoms with E-state index in [9.17, 15) is 23.2 Å². The Morgan fingerprint density at radius 2 is 1.76 bits per heavy atom. The number of benzene rings is 2. The van der Waals surface area contributed by atoms with Crippen molar-refractivity contribution in [2.75, 3.05) is 6.54 Å². The number of nitrogens with one attached hydrogen (secondary N) is 2. The quantitative estimate of drug-likeness (QED) is 0.573. The van der Waals surface area contributed by atoms with Crippen LogP contribution < -0.4 is 16.6 Å². The summed E-state index contributed by atoms with van der Waals surface area (Å²) < 4.78 is 29.6. The van der Waals surface area contributed by atoms with Gasteiger partial charge in [-0.1, -0.05) is 12.1 Å². The molecule has 0 bridgehead atoms. The molecular weight excluding hydrogens is 380 g/mol. The van der Waals surface area contributed by atoms with E-state index in [0.29, 0.717) is 5.39 Å². The highest BCUT2D eigenvalue weighted by Gasteiger charge is 2.28. The van der Waals surface area contributed by atoms with Crippen molar-refractivity contribution in [3.05, 3.63) is 81.3 Å². The minimum absolute atomic E-state index is 0.00912. The van der Waals surface area contributed by atoms with Gasteiger partial charge in [0.05, 0.1) is 17.6 Å². The first-order valence-corrected chi connectivity index (χ1v) is 8.81. The van der Waals surface area contributed by atoms with Gasteiger partial charge in [-0.15, -0.1) is 0 Å². The van der Waals surface area contributed by atoms with Crippen LogP contribution in [0.5, 0.6) is 0 Å². The first-order chi connectivity index (χ1) is 13.7. The van der Waals surface area contributed by atoms with Crippen LogP contribution in [0.4, 0.5) is 8.78 Å². The fourth-order valence-corrected chi connectivity index (χ4v) is 3.18. The van der Waals surface area contributed by atoms with Crippen molar-refractivity contribution in [3.63, 3.8) is 0 Å². The number of pyridine rings is 1. The molecule has 1 amide bonds. The van der Waals surface area contributed by atoms with Crippen LogP contribution in [-0.2, 0) is 10.3 Å². The molecule has 29 heavy (non-hydrogen) atoms. The molecule has 0 radical (unpaired) electrons. The molecule has 3 aromatic rings. The summed E-state index contributed by atoms with van der Waals surface area (Å²) in [6.07, 6.45) is 1.36. The summed E-state index contributed by atoms with van der Waals surface area (Å²) in [6, 6.07) is 7.90. The van der Waals surface area contributed by atoms with Gasteiger partial charge >= 0.3 is 0 Å². The number of hydrogen-bond acceptors (Lipinski definition) is 4. The molecule has 0 fully saturated rings. The Hall–Kier alpha value is -3.39. The molecule has 6 nitrogen and oxygen atoms in total. The van der Waals surface area contributed by atoms with E-state index in [4.69, 9.17) is 5.73 Å². The Morgan fingerprint density at radius 3 is 2.38 bits per heavy atom. The fraction of sp³-hybridized carbons (Fsp3) is 0.190. The molecule has 0 aliphatic rings. The molecule has 150 valence electrons. The van der Waals surface area contributed by atoms with Gasteiger partial charge in [0, 0.05) is 17.1 Å². The van der Waals surface area contributed by atoms with Crippen molar-refractivity contribution in [3.8, 4) is 0 Å². The van der Waals surface area contributed by atoms with Gasteiger partial charge in [0.1, 0.15) is 11.6 Å². The van der Waals surface area contributed by atoms with Gasteiger partial charge in [0.2, 0.25) is 5.91 Å². The molecule has 1 heterocycles. The summed E-state index contributed by atoms with van der Waals surface area (Å²) in [5.74, 6) is -3.51. The zero-order valence-electron chi connectivity index (χ0n) is 15.8. The van der Waals surface area contributed by atoms with Gasteiger partial charge in [0.25, 0.3) is 5.56 Å². The average Bonchev–Trinajstić information content (AvgIpc) is 2.66. The van der Waals surface area contributed by atoms with E-state index in [1.807, 2.05) is 0 Å². The maximum absolute atomic E-state index is 14.8. The summed E-state index contributed by atoms with van der Waals surface area (Å²) in [4.78, 5) is 38.9. The SMILES string of the molecule is CC(C)(NC(=O)CN)c1cc(F)c(C(=O)c2cccc3c(=O)[nH]ccc23)c(F)c1. The van der Waals surface area contributed by atoms with Gasteiger partial charge in [-0.2, -0.15) is 0 Å². The lowest BCUT2D eigenvalue weighted by atomic mass is 9.90. The third kappa shape index (κ3) is 3.79. The minimum Gasteiger partial charge on any atom is -0.346 e. The highest BCUT2D eigenvalue weighted by atomic mass is 19.1. The number of amides is 1. The molecule has 0 unspecified atom stereocenters. The largest absolute Gasteiger partial charge is 0.346 e. The Bertz CT molecular complexity index is 1160. The number of hydrogen-bond donors (Lipinski definition) is 3. The molecular formula is C21H19F2N3O3. The molecule has 0 atom stereocenters. The van der Waals surface area contributed by atoms with E-state index in [0.717, 1.165) is 12.1 Å². The maximum atomic E-state index is 14.8. The number of H-pyrrole nitrogens is 1. The Kier molecular flexibility index (Phi) is 5.30. The molecule has 0 spiro atoms. The number of carbonyl (C=O) groups excluding carboxylic acids is 2. The second kappa shape index (κ2) is 7.56. The van der Waals surface area contributed by atoms with Crippen LogP contribution >= 0.6 is 0 Å². The molecule has 0 saturated carbocycles. The number of carbonyl (C=O) groups is 2. The molecule has 2 aromatic carbocycles. The first-order valence-electron chi connectivity index (χ1n) is 8.81. The van der Waals surface area contributed by atoms with E-state index < -0.39 is 40.0 Å². The van der Waals surface area contributed by atoms with Crippen molar-refractivity contribution in [2.24, 2.45) is 5.73 Å². The van der Waals surface area contributed by atoms with Crippen LogP contribution in [0.1, 0.15) is 35.3 Å². The second-order valence-electron chi connectivity index (χ2n) is 7.09. The highest BCUT2D eigenvalue weighted by Crippen LogP contribution is 2.27. The van der Waals surface area contributed by atoms with E-state index in [-0.39, 0.29) is 23.1 Å². The van der Waals surface area contributed by atoms with Gasteiger partial charge in [-0.3, -0.25) is 14.4 Å². The third-order valence-electron chi connectivity index (χ3n) is 4.69. The highest BCUT2D eigenvalue weighted by molar-refractivity contribution is 6.16. The molecule has 0 aliphatic carbocycles. The molecule has 3 rings (SSSR count). The van der Waals surface area contributed by atoms with Crippen LogP contribution in [0.3, 0.4) is 0 Å². The number of ketones is 1. The van der Waals surface area contributed by atoms with Crippen LogP contribution in [0, 0.1) is 11.6 Å². The summed E-state index contributed by atoms with van der Waals surface area (Å²) >= 11 is 0. The van der Waals surface area contributed by atoms with Gasteiger partial charge in [0.15, 0.2) is 5.78 Å². The summed E-state index contributed by atoms with van der Waals surface area (Å²) in [5, 5.41) is 3.10. The average molecular weight is 399 g/mol. The summed E-state index contributed by atoms with van der Waals surface area (Å²) in [5.41, 5.74) is 3.17. The molecule has 8 heteroatoms. The van der Waals surface area contributed by atoms with Gasteiger partial charge in [-0.25, -0.2) is 8.78 Å². The lowest BCUT2D eigenvalue weighted by Gasteiger charge is -2.27. The van der Waals surface area contributed by atoms with Crippen LogP contribution in [0.15, 0.2) is 47.4 Å². The second-order valence-corrected chi connectivity index (χ2v) is 7.09. The van der Waals surface area contributed by atoms with E-state index in [2.05, 4.69) is 10.3 Å². The van der Waals surface area contributed by atoms with Crippen molar-refractivity contribution >= 4 is 22.5 Å². The monoisotopic (exact) mass is 399 g/mol. The van der Waals surface area contributed by atoms with Crippen molar-refractivity contribution < 1.29 is 18.4 Å². The summed E-state index contributed by atoms with van der Waals surface area (Å²) in [6.45, 7) is 2.85. The first kappa shape index (κ1) is 20.3. The normalized spacial score (nSPS) is 11.5. The van der Waals surface area contributed by atoms with Crippen LogP contribution in [-0.4, -0.2) is 23.2 Å². The number of halogens is 2.